The van der Waals surface area contributed by atoms with Crippen LogP contribution in [0, 0.1) is 6.92 Å². The number of hydrogen-bond donors (Lipinski definition) is 1. The molecule has 6 nitrogen and oxygen atoms in total. The fraction of sp³-hybridized carbons (Fsp3) is 0.200. The third-order valence-corrected chi connectivity index (χ3v) is 4.02. The molecule has 0 aliphatic carbocycles. The SMILES string of the molecule is CSc1nc(N)n2nc(-c3sccc3C)nc2n1. The molecule has 0 amide bonds. The summed E-state index contributed by atoms with van der Waals surface area (Å²) in [5.41, 5.74) is 6.98. The summed E-state index contributed by atoms with van der Waals surface area (Å²) in [4.78, 5) is 13.8. The second-order valence-corrected chi connectivity index (χ2v) is 5.34. The Hall–Kier alpha value is -1.67. The molecular weight excluding hydrogens is 268 g/mol. The van der Waals surface area contributed by atoms with Gasteiger partial charge >= 0.3 is 0 Å². The van der Waals surface area contributed by atoms with E-state index >= 15 is 0 Å². The number of thiophene rings is 1. The molecule has 0 aliphatic rings. The van der Waals surface area contributed by atoms with Crippen molar-refractivity contribution < 1.29 is 0 Å². The lowest BCUT2D eigenvalue weighted by molar-refractivity contribution is 0.851. The van der Waals surface area contributed by atoms with Gasteiger partial charge in [0.05, 0.1) is 4.88 Å². The Morgan fingerprint density at radius 3 is 2.83 bits per heavy atom. The van der Waals surface area contributed by atoms with Crippen molar-refractivity contribution in [2.24, 2.45) is 0 Å². The molecule has 0 atom stereocenters. The van der Waals surface area contributed by atoms with Crippen molar-refractivity contribution in [3.05, 3.63) is 17.0 Å². The highest BCUT2D eigenvalue weighted by molar-refractivity contribution is 7.98. The Kier molecular flexibility index (Phi) is 2.67. The highest BCUT2D eigenvalue weighted by Gasteiger charge is 2.14. The normalized spacial score (nSPS) is 11.2. The molecule has 3 aromatic heterocycles. The van der Waals surface area contributed by atoms with Gasteiger partial charge in [0.15, 0.2) is 11.0 Å². The van der Waals surface area contributed by atoms with E-state index in [4.69, 9.17) is 5.73 Å². The van der Waals surface area contributed by atoms with Crippen LogP contribution in [0.2, 0.25) is 0 Å². The highest BCUT2D eigenvalue weighted by Crippen LogP contribution is 2.26. The average molecular weight is 278 g/mol. The summed E-state index contributed by atoms with van der Waals surface area (Å²) in [6, 6.07) is 2.04. The van der Waals surface area contributed by atoms with Gasteiger partial charge in [-0.05, 0) is 30.2 Å². The predicted octanol–water partition coefficient (Wildman–Crippen LogP) is 1.86. The molecule has 8 heteroatoms. The Balaban J connectivity index is 2.23. The smallest absolute Gasteiger partial charge is 0.258 e. The predicted molar refractivity (Wildman–Crippen MR) is 72.8 cm³/mol. The first kappa shape index (κ1) is 11.4. The molecule has 2 N–H and O–H groups in total. The maximum Gasteiger partial charge on any atom is 0.258 e. The van der Waals surface area contributed by atoms with Gasteiger partial charge in [0.2, 0.25) is 5.95 Å². The molecule has 0 fully saturated rings. The van der Waals surface area contributed by atoms with Crippen LogP contribution in [-0.2, 0) is 0 Å². The molecule has 3 heterocycles. The zero-order chi connectivity index (χ0) is 12.7. The van der Waals surface area contributed by atoms with Gasteiger partial charge in [-0.15, -0.1) is 16.4 Å². The van der Waals surface area contributed by atoms with E-state index in [-0.39, 0.29) is 0 Å². The lowest BCUT2D eigenvalue weighted by Gasteiger charge is -1.97. The van der Waals surface area contributed by atoms with Crippen molar-refractivity contribution in [3.63, 3.8) is 0 Å². The Bertz CT molecular complexity index is 716. The fourth-order valence-corrected chi connectivity index (χ4v) is 2.79. The summed E-state index contributed by atoms with van der Waals surface area (Å²) in [5.74, 6) is 1.42. The molecule has 0 saturated heterocycles. The molecule has 0 aliphatic heterocycles. The zero-order valence-electron chi connectivity index (χ0n) is 9.78. The fourth-order valence-electron chi connectivity index (χ4n) is 1.58. The lowest BCUT2D eigenvalue weighted by atomic mass is 10.3. The standard InChI is InChI=1S/C10H10N6S2/c1-5-3-4-18-6(5)7-12-9-14-10(17-2)13-8(11)16(9)15-7/h3-4H,1-2H3,(H2,11,12,13,14,15). The molecule has 0 unspecified atom stereocenters. The van der Waals surface area contributed by atoms with E-state index < -0.39 is 0 Å². The summed E-state index contributed by atoms with van der Waals surface area (Å²) in [6.45, 7) is 2.03. The number of aromatic nitrogens is 5. The van der Waals surface area contributed by atoms with Crippen molar-refractivity contribution in [2.75, 3.05) is 12.0 Å². The van der Waals surface area contributed by atoms with E-state index in [2.05, 4.69) is 20.1 Å². The summed E-state index contributed by atoms with van der Waals surface area (Å²) >= 11 is 3.03. The van der Waals surface area contributed by atoms with Gasteiger partial charge in [0.25, 0.3) is 5.78 Å². The van der Waals surface area contributed by atoms with Crippen molar-refractivity contribution in [2.45, 2.75) is 12.1 Å². The van der Waals surface area contributed by atoms with Crippen LogP contribution in [0.4, 0.5) is 5.95 Å². The van der Waals surface area contributed by atoms with Gasteiger partial charge < -0.3 is 5.73 Å². The second kappa shape index (κ2) is 4.21. The third kappa shape index (κ3) is 1.73. The zero-order valence-corrected chi connectivity index (χ0v) is 11.4. The number of fused-ring (bicyclic) bond motifs is 1. The van der Waals surface area contributed by atoms with Gasteiger partial charge in [0, 0.05) is 0 Å². The van der Waals surface area contributed by atoms with Crippen LogP contribution in [0.1, 0.15) is 5.56 Å². The Morgan fingerprint density at radius 1 is 1.33 bits per heavy atom. The molecule has 92 valence electrons. The minimum atomic E-state index is 0.303. The summed E-state index contributed by atoms with van der Waals surface area (Å²) in [7, 11) is 0. The first-order valence-electron chi connectivity index (χ1n) is 5.18. The van der Waals surface area contributed by atoms with Gasteiger partial charge in [-0.1, -0.05) is 11.8 Å². The summed E-state index contributed by atoms with van der Waals surface area (Å²) < 4.78 is 1.47. The topological polar surface area (TPSA) is 82.0 Å². The van der Waals surface area contributed by atoms with Crippen LogP contribution in [0.15, 0.2) is 16.6 Å². The van der Waals surface area contributed by atoms with E-state index in [0.717, 1.165) is 10.4 Å². The van der Waals surface area contributed by atoms with Crippen molar-refractivity contribution in [3.8, 4) is 10.7 Å². The number of nitrogens with zero attached hydrogens (tertiary/aromatic N) is 5. The number of anilines is 1. The molecule has 3 rings (SSSR count). The number of hydrogen-bond acceptors (Lipinski definition) is 7. The third-order valence-electron chi connectivity index (χ3n) is 2.46. The minimum absolute atomic E-state index is 0.303. The summed E-state index contributed by atoms with van der Waals surface area (Å²) in [5, 5.41) is 6.96. The van der Waals surface area contributed by atoms with Crippen LogP contribution in [0.25, 0.3) is 16.5 Å². The number of aryl methyl sites for hydroxylation is 1. The van der Waals surface area contributed by atoms with Crippen LogP contribution >= 0.6 is 23.1 Å². The molecule has 0 spiro atoms. The minimum Gasteiger partial charge on any atom is -0.368 e. The molecule has 3 aromatic rings. The van der Waals surface area contributed by atoms with Crippen molar-refractivity contribution >= 4 is 34.8 Å². The quantitative estimate of drug-likeness (QED) is 0.720. The maximum atomic E-state index is 5.84. The molecule has 0 radical (unpaired) electrons. The molecule has 0 bridgehead atoms. The summed E-state index contributed by atoms with van der Waals surface area (Å²) in [6.07, 6.45) is 1.89. The number of nitrogen functional groups attached to an aromatic ring is 1. The molecule has 0 saturated carbocycles. The Labute approximate surface area is 111 Å². The largest absolute Gasteiger partial charge is 0.368 e. The van der Waals surface area contributed by atoms with Crippen molar-refractivity contribution in [1.82, 2.24) is 24.6 Å². The first-order chi connectivity index (χ1) is 8.69. The van der Waals surface area contributed by atoms with Gasteiger partial charge in [-0.2, -0.15) is 19.5 Å². The molecular formula is C10H10N6S2. The van der Waals surface area contributed by atoms with Crippen LogP contribution in [-0.4, -0.2) is 30.8 Å². The molecule has 18 heavy (non-hydrogen) atoms. The van der Waals surface area contributed by atoms with E-state index in [9.17, 15) is 0 Å². The first-order valence-corrected chi connectivity index (χ1v) is 7.28. The van der Waals surface area contributed by atoms with E-state index in [0.29, 0.717) is 22.7 Å². The van der Waals surface area contributed by atoms with E-state index in [1.165, 1.54) is 16.3 Å². The van der Waals surface area contributed by atoms with Gasteiger partial charge in [0.1, 0.15) is 0 Å². The van der Waals surface area contributed by atoms with E-state index in [1.807, 2.05) is 24.6 Å². The maximum absolute atomic E-state index is 5.84. The number of nitrogens with two attached hydrogens (primary N) is 1. The van der Waals surface area contributed by atoms with Gasteiger partial charge in [-0.25, -0.2) is 0 Å². The monoisotopic (exact) mass is 278 g/mol. The van der Waals surface area contributed by atoms with Crippen molar-refractivity contribution in [1.29, 1.82) is 0 Å². The number of rotatable bonds is 2. The van der Waals surface area contributed by atoms with Crippen LogP contribution in [0.5, 0.6) is 0 Å². The van der Waals surface area contributed by atoms with Crippen LogP contribution in [0.3, 0.4) is 0 Å². The number of thioether (sulfide) groups is 1. The Morgan fingerprint density at radius 2 is 2.17 bits per heavy atom. The van der Waals surface area contributed by atoms with E-state index in [1.54, 1.807) is 11.3 Å². The highest BCUT2D eigenvalue weighted by atomic mass is 32.2. The lowest BCUT2D eigenvalue weighted by Crippen LogP contribution is -2.04. The second-order valence-electron chi connectivity index (χ2n) is 3.65. The average Bonchev–Trinajstić information content (AvgIpc) is 2.94. The molecule has 0 aromatic carbocycles. The van der Waals surface area contributed by atoms with Gasteiger partial charge in [-0.3, -0.25) is 0 Å². The van der Waals surface area contributed by atoms with Crippen LogP contribution < -0.4 is 5.73 Å².